The molecule has 3 rings (SSSR count). The Morgan fingerprint density at radius 2 is 2.20 bits per heavy atom. The van der Waals surface area contributed by atoms with Gasteiger partial charge in [-0.2, -0.15) is 4.98 Å². The molecule has 3 aromatic rings. The lowest BCUT2D eigenvalue weighted by atomic mass is 10.0. The first-order valence-corrected chi connectivity index (χ1v) is 6.45. The van der Waals surface area contributed by atoms with Crippen molar-refractivity contribution in [3.05, 3.63) is 42.2 Å². The van der Waals surface area contributed by atoms with Crippen molar-refractivity contribution in [3.63, 3.8) is 0 Å². The molecule has 0 aliphatic heterocycles. The van der Waals surface area contributed by atoms with E-state index in [2.05, 4.69) is 31.5 Å². The van der Waals surface area contributed by atoms with Crippen molar-refractivity contribution in [2.45, 2.75) is 6.42 Å². The van der Waals surface area contributed by atoms with Crippen LogP contribution in [0.2, 0.25) is 0 Å². The molecule has 2 aromatic heterocycles. The van der Waals surface area contributed by atoms with Crippen LogP contribution in [0.3, 0.4) is 0 Å². The fraction of sp³-hybridized carbons (Fsp3) is 0.214. The molecule has 0 amide bonds. The summed E-state index contributed by atoms with van der Waals surface area (Å²) in [5.41, 5.74) is 2.14. The number of aromatic amines is 1. The molecule has 0 unspecified atom stereocenters. The Bertz CT molecular complexity index is 674. The summed E-state index contributed by atoms with van der Waals surface area (Å²) in [5, 5.41) is 7.10. The lowest BCUT2D eigenvalue weighted by Crippen LogP contribution is -2.10. The SMILES string of the molecule is CNCCc1ccccc1-c1nc(-c2ncc[nH]2)no1. The van der Waals surface area contributed by atoms with E-state index in [0.29, 0.717) is 17.5 Å². The van der Waals surface area contributed by atoms with Crippen LogP contribution in [0.4, 0.5) is 0 Å². The Kier molecular flexibility index (Phi) is 3.56. The first-order chi connectivity index (χ1) is 9.88. The summed E-state index contributed by atoms with van der Waals surface area (Å²) in [5.74, 6) is 1.59. The average Bonchev–Trinajstić information content (AvgIpc) is 3.15. The lowest BCUT2D eigenvalue weighted by Gasteiger charge is -2.04. The first-order valence-electron chi connectivity index (χ1n) is 6.45. The van der Waals surface area contributed by atoms with E-state index in [-0.39, 0.29) is 0 Å². The van der Waals surface area contributed by atoms with E-state index >= 15 is 0 Å². The molecule has 2 N–H and O–H groups in total. The van der Waals surface area contributed by atoms with Crippen LogP contribution in [0.25, 0.3) is 23.1 Å². The van der Waals surface area contributed by atoms with E-state index in [1.807, 2.05) is 25.2 Å². The molecule has 0 spiro atoms. The van der Waals surface area contributed by atoms with Crippen LogP contribution in [0.15, 0.2) is 41.2 Å². The maximum atomic E-state index is 5.35. The topological polar surface area (TPSA) is 79.6 Å². The monoisotopic (exact) mass is 269 g/mol. The van der Waals surface area contributed by atoms with Crippen molar-refractivity contribution < 1.29 is 4.52 Å². The predicted octanol–water partition coefficient (Wildman–Crippen LogP) is 1.89. The number of imidazole rings is 1. The fourth-order valence-corrected chi connectivity index (χ4v) is 2.02. The van der Waals surface area contributed by atoms with Crippen LogP contribution in [0.5, 0.6) is 0 Å². The zero-order valence-corrected chi connectivity index (χ0v) is 11.1. The van der Waals surface area contributed by atoms with E-state index in [1.54, 1.807) is 12.4 Å². The van der Waals surface area contributed by atoms with E-state index in [0.717, 1.165) is 18.5 Å². The van der Waals surface area contributed by atoms with Gasteiger partial charge in [-0.3, -0.25) is 0 Å². The highest BCUT2D eigenvalue weighted by atomic mass is 16.5. The second-order valence-corrected chi connectivity index (χ2v) is 4.37. The number of nitrogens with one attached hydrogen (secondary N) is 2. The molecule has 1 aromatic carbocycles. The van der Waals surface area contributed by atoms with Crippen molar-refractivity contribution >= 4 is 0 Å². The van der Waals surface area contributed by atoms with Crippen LogP contribution < -0.4 is 5.32 Å². The van der Waals surface area contributed by atoms with E-state index < -0.39 is 0 Å². The summed E-state index contributed by atoms with van der Waals surface area (Å²) in [6.07, 6.45) is 4.30. The van der Waals surface area contributed by atoms with Crippen LogP contribution >= 0.6 is 0 Å². The quantitative estimate of drug-likeness (QED) is 0.739. The Morgan fingerprint density at radius 3 is 3.00 bits per heavy atom. The molecule has 6 nitrogen and oxygen atoms in total. The highest BCUT2D eigenvalue weighted by Gasteiger charge is 2.14. The number of benzene rings is 1. The number of H-pyrrole nitrogens is 1. The second kappa shape index (κ2) is 5.66. The Labute approximate surface area is 116 Å². The third kappa shape index (κ3) is 2.46. The van der Waals surface area contributed by atoms with Gasteiger partial charge in [0.2, 0.25) is 5.82 Å². The standard InChI is InChI=1S/C14H15N5O/c1-15-7-6-10-4-2-3-5-11(10)14-18-13(19-20-14)12-16-8-9-17-12/h2-5,8-9,15H,6-7H2,1H3,(H,16,17). The van der Waals surface area contributed by atoms with Crippen molar-refractivity contribution in [1.82, 2.24) is 25.4 Å². The van der Waals surface area contributed by atoms with Crippen LogP contribution in [-0.2, 0) is 6.42 Å². The van der Waals surface area contributed by atoms with Gasteiger partial charge in [-0.25, -0.2) is 4.98 Å². The second-order valence-electron chi connectivity index (χ2n) is 4.37. The third-order valence-corrected chi connectivity index (χ3v) is 3.03. The van der Waals surface area contributed by atoms with E-state index in [4.69, 9.17) is 4.52 Å². The number of hydrogen-bond acceptors (Lipinski definition) is 5. The molecule has 0 saturated carbocycles. The van der Waals surface area contributed by atoms with Crippen LogP contribution in [0, 0.1) is 0 Å². The van der Waals surface area contributed by atoms with Gasteiger partial charge in [-0.15, -0.1) is 0 Å². The maximum absolute atomic E-state index is 5.35. The number of nitrogens with zero attached hydrogens (tertiary/aromatic N) is 3. The molecule has 0 fully saturated rings. The molecule has 0 radical (unpaired) electrons. The van der Waals surface area contributed by atoms with Gasteiger partial charge >= 0.3 is 0 Å². The van der Waals surface area contributed by atoms with Gasteiger partial charge in [0.15, 0.2) is 5.82 Å². The normalized spacial score (nSPS) is 10.8. The third-order valence-electron chi connectivity index (χ3n) is 3.03. The Hall–Kier alpha value is -2.47. The van der Waals surface area contributed by atoms with Gasteiger partial charge in [0.1, 0.15) is 0 Å². The maximum Gasteiger partial charge on any atom is 0.258 e. The van der Waals surface area contributed by atoms with Crippen molar-refractivity contribution in [1.29, 1.82) is 0 Å². The summed E-state index contributed by atoms with van der Waals surface area (Å²) in [7, 11) is 1.93. The number of aromatic nitrogens is 4. The summed E-state index contributed by atoms with van der Waals surface area (Å²) in [4.78, 5) is 11.5. The summed E-state index contributed by atoms with van der Waals surface area (Å²) in [6.45, 7) is 0.899. The molecule has 2 heterocycles. The van der Waals surface area contributed by atoms with Crippen molar-refractivity contribution in [2.75, 3.05) is 13.6 Å². The van der Waals surface area contributed by atoms with E-state index in [9.17, 15) is 0 Å². The average molecular weight is 269 g/mol. The number of rotatable bonds is 5. The molecule has 0 atom stereocenters. The largest absolute Gasteiger partial charge is 0.342 e. The number of likely N-dealkylation sites (N-methyl/N-ethyl adjacent to an activating group) is 1. The first kappa shape index (κ1) is 12.6. The predicted molar refractivity (Wildman–Crippen MR) is 74.9 cm³/mol. The van der Waals surface area contributed by atoms with Crippen LogP contribution in [0.1, 0.15) is 5.56 Å². The van der Waals surface area contributed by atoms with Crippen molar-refractivity contribution in [2.24, 2.45) is 0 Å². The summed E-state index contributed by atoms with van der Waals surface area (Å²) >= 11 is 0. The van der Waals surface area contributed by atoms with Gasteiger partial charge in [-0.05, 0) is 31.6 Å². The van der Waals surface area contributed by atoms with E-state index in [1.165, 1.54) is 5.56 Å². The van der Waals surface area contributed by atoms with Crippen molar-refractivity contribution in [3.8, 4) is 23.1 Å². The molecule has 0 aliphatic rings. The highest BCUT2D eigenvalue weighted by molar-refractivity contribution is 5.60. The Balaban J connectivity index is 1.93. The summed E-state index contributed by atoms with van der Waals surface area (Å²) in [6, 6.07) is 8.04. The molecule has 0 aliphatic carbocycles. The molecular formula is C14H15N5O. The minimum atomic E-state index is 0.466. The van der Waals surface area contributed by atoms with Gasteiger partial charge in [0, 0.05) is 18.0 Å². The molecule has 0 saturated heterocycles. The Morgan fingerprint density at radius 1 is 1.30 bits per heavy atom. The molecule has 0 bridgehead atoms. The van der Waals surface area contributed by atoms with Gasteiger partial charge in [0.05, 0.1) is 0 Å². The van der Waals surface area contributed by atoms with Gasteiger partial charge < -0.3 is 14.8 Å². The smallest absolute Gasteiger partial charge is 0.258 e. The van der Waals surface area contributed by atoms with Gasteiger partial charge in [0.25, 0.3) is 5.89 Å². The number of hydrogen-bond donors (Lipinski definition) is 2. The minimum Gasteiger partial charge on any atom is -0.342 e. The molecule has 6 heteroatoms. The molecule has 20 heavy (non-hydrogen) atoms. The van der Waals surface area contributed by atoms with Gasteiger partial charge in [-0.1, -0.05) is 23.4 Å². The molecule has 102 valence electrons. The minimum absolute atomic E-state index is 0.466. The zero-order chi connectivity index (χ0) is 13.8. The lowest BCUT2D eigenvalue weighted by molar-refractivity contribution is 0.431. The summed E-state index contributed by atoms with van der Waals surface area (Å²) < 4.78 is 5.35. The van der Waals surface area contributed by atoms with Crippen LogP contribution in [-0.4, -0.2) is 33.7 Å². The highest BCUT2D eigenvalue weighted by Crippen LogP contribution is 2.24. The fourth-order valence-electron chi connectivity index (χ4n) is 2.02. The molecular weight excluding hydrogens is 254 g/mol. The zero-order valence-electron chi connectivity index (χ0n) is 11.1.